The predicted octanol–water partition coefficient (Wildman–Crippen LogP) is 2.41. The smallest absolute Gasteiger partial charge is 0.243 e. The van der Waals surface area contributed by atoms with Gasteiger partial charge in [-0.05, 0) is 6.42 Å². The lowest BCUT2D eigenvalue weighted by atomic mass is 10.2. The molecule has 0 aromatic carbocycles. The summed E-state index contributed by atoms with van der Waals surface area (Å²) in [6.07, 6.45) is 3.64. The number of hydrogen-bond donors (Lipinski definition) is 0. The first-order valence-corrected chi connectivity index (χ1v) is 5.93. The van der Waals surface area contributed by atoms with Crippen LogP contribution in [0.1, 0.15) is 32.6 Å². The Hall–Kier alpha value is 0.130. The van der Waals surface area contributed by atoms with E-state index in [4.69, 9.17) is 11.6 Å². The first kappa shape index (κ1) is 13.1. The summed E-state index contributed by atoms with van der Waals surface area (Å²) in [7, 11) is -4.83. The maximum atomic E-state index is 11.8. The highest BCUT2D eigenvalue weighted by molar-refractivity contribution is 7.81. The molecule has 0 N–H and O–H groups in total. The molecule has 0 aromatic heterocycles. The summed E-state index contributed by atoms with van der Waals surface area (Å²) >= 11 is 5.67. The van der Waals surface area contributed by atoms with E-state index in [0.29, 0.717) is 6.42 Å². The van der Waals surface area contributed by atoms with E-state index in [1.807, 2.05) is 6.92 Å². The first-order valence-electron chi connectivity index (χ1n) is 4.18. The van der Waals surface area contributed by atoms with Crippen molar-refractivity contribution in [2.45, 2.75) is 38.0 Å². The fourth-order valence-electron chi connectivity index (χ4n) is 0.854. The van der Waals surface area contributed by atoms with Crippen molar-refractivity contribution in [2.24, 2.45) is 0 Å². The van der Waals surface area contributed by atoms with Crippen LogP contribution in [-0.4, -0.2) is 20.4 Å². The van der Waals surface area contributed by atoms with Crippen molar-refractivity contribution >= 4 is 22.1 Å². The van der Waals surface area contributed by atoms with Crippen LogP contribution in [0, 0.1) is 0 Å². The van der Waals surface area contributed by atoms with Gasteiger partial charge in [-0.15, -0.1) is 11.6 Å². The Bertz CT molecular complexity index is 218. The minimum absolute atomic E-state index is 0.288. The summed E-state index contributed by atoms with van der Waals surface area (Å²) < 4.78 is 35.6. The van der Waals surface area contributed by atoms with Crippen molar-refractivity contribution in [3.8, 4) is 0 Å². The normalized spacial score (nSPS) is 14.4. The maximum absolute atomic E-state index is 11.8. The standard InChI is InChI=1S/C7H14ClFO3S/c1-2-3-4-5-7(8)6-12-13(9,10)11/h7H,2-6H2,1H3. The lowest BCUT2D eigenvalue weighted by molar-refractivity contribution is 0.287. The molecule has 0 aliphatic heterocycles. The van der Waals surface area contributed by atoms with Gasteiger partial charge in [-0.3, -0.25) is 0 Å². The minimum atomic E-state index is -4.83. The van der Waals surface area contributed by atoms with E-state index in [1.54, 1.807) is 0 Å². The number of hydrogen-bond acceptors (Lipinski definition) is 3. The highest BCUT2D eigenvalue weighted by Crippen LogP contribution is 2.10. The lowest BCUT2D eigenvalue weighted by Gasteiger charge is -2.06. The number of rotatable bonds is 7. The molecule has 0 fully saturated rings. The molecule has 0 spiro atoms. The SMILES string of the molecule is CCCCCC(Cl)COS(=O)(=O)F. The van der Waals surface area contributed by atoms with Gasteiger partial charge < -0.3 is 0 Å². The maximum Gasteiger partial charge on any atom is 0.437 e. The summed E-state index contributed by atoms with van der Waals surface area (Å²) in [4.78, 5) is 0. The third-order valence-electron chi connectivity index (χ3n) is 1.51. The molecule has 0 rings (SSSR count). The van der Waals surface area contributed by atoms with Gasteiger partial charge in [0.05, 0.1) is 12.0 Å². The molecule has 0 aromatic rings. The van der Waals surface area contributed by atoms with Crippen LogP contribution in [0.4, 0.5) is 3.89 Å². The van der Waals surface area contributed by atoms with Gasteiger partial charge in [0.2, 0.25) is 0 Å². The quantitative estimate of drug-likeness (QED) is 0.385. The third-order valence-corrected chi connectivity index (χ3v) is 2.27. The molecule has 0 aliphatic carbocycles. The molecule has 0 saturated heterocycles. The van der Waals surface area contributed by atoms with E-state index in [0.717, 1.165) is 19.3 Å². The van der Waals surface area contributed by atoms with Crippen LogP contribution < -0.4 is 0 Å². The highest BCUT2D eigenvalue weighted by atomic mass is 35.5. The van der Waals surface area contributed by atoms with E-state index >= 15 is 0 Å². The molecule has 6 heteroatoms. The summed E-state index contributed by atoms with van der Waals surface area (Å²) in [6.45, 7) is 1.76. The van der Waals surface area contributed by atoms with Crippen molar-refractivity contribution < 1.29 is 16.5 Å². The molecule has 3 nitrogen and oxygen atoms in total. The molecular weight excluding hydrogens is 219 g/mol. The molecule has 0 amide bonds. The van der Waals surface area contributed by atoms with Crippen molar-refractivity contribution in [3.63, 3.8) is 0 Å². The molecule has 0 aliphatic rings. The van der Waals surface area contributed by atoms with Gasteiger partial charge >= 0.3 is 10.5 Å². The van der Waals surface area contributed by atoms with Crippen molar-refractivity contribution in [3.05, 3.63) is 0 Å². The molecule has 0 heterocycles. The van der Waals surface area contributed by atoms with Gasteiger partial charge in [0, 0.05) is 0 Å². The molecule has 0 bridgehead atoms. The van der Waals surface area contributed by atoms with Gasteiger partial charge in [0.25, 0.3) is 0 Å². The fraction of sp³-hybridized carbons (Fsp3) is 1.00. The summed E-state index contributed by atoms with van der Waals surface area (Å²) in [5.74, 6) is 0. The van der Waals surface area contributed by atoms with Crippen molar-refractivity contribution in [1.82, 2.24) is 0 Å². The Morgan fingerprint density at radius 2 is 2.08 bits per heavy atom. The second-order valence-electron chi connectivity index (χ2n) is 2.77. The Labute approximate surface area is 83.6 Å². The summed E-state index contributed by atoms with van der Waals surface area (Å²) in [5, 5.41) is -0.433. The van der Waals surface area contributed by atoms with Gasteiger partial charge in [-0.25, -0.2) is 4.18 Å². The van der Waals surface area contributed by atoms with Gasteiger partial charge in [0.15, 0.2) is 0 Å². The molecule has 1 atom stereocenters. The van der Waals surface area contributed by atoms with Crippen LogP contribution in [0.15, 0.2) is 0 Å². The summed E-state index contributed by atoms with van der Waals surface area (Å²) in [5.41, 5.74) is 0. The first-order chi connectivity index (χ1) is 5.95. The zero-order valence-corrected chi connectivity index (χ0v) is 9.07. The van der Waals surface area contributed by atoms with Crippen LogP contribution in [0.2, 0.25) is 0 Å². The molecule has 1 unspecified atom stereocenters. The third kappa shape index (κ3) is 10.0. The van der Waals surface area contributed by atoms with Gasteiger partial charge in [-0.1, -0.05) is 30.1 Å². The molecule has 13 heavy (non-hydrogen) atoms. The Morgan fingerprint density at radius 1 is 1.46 bits per heavy atom. The monoisotopic (exact) mass is 232 g/mol. The largest absolute Gasteiger partial charge is 0.437 e. The average Bonchev–Trinajstić information content (AvgIpc) is 2.00. The van der Waals surface area contributed by atoms with Crippen LogP contribution in [0.25, 0.3) is 0 Å². The van der Waals surface area contributed by atoms with Gasteiger partial charge in [-0.2, -0.15) is 8.42 Å². The summed E-state index contributed by atoms with van der Waals surface area (Å²) in [6, 6.07) is 0. The lowest BCUT2D eigenvalue weighted by Crippen LogP contribution is -2.11. The van der Waals surface area contributed by atoms with E-state index in [-0.39, 0.29) is 6.61 Å². The van der Waals surface area contributed by atoms with Crippen LogP contribution in [-0.2, 0) is 14.7 Å². The van der Waals surface area contributed by atoms with E-state index in [2.05, 4.69) is 4.18 Å². The topological polar surface area (TPSA) is 43.4 Å². The van der Waals surface area contributed by atoms with Crippen LogP contribution in [0.3, 0.4) is 0 Å². The average molecular weight is 233 g/mol. The van der Waals surface area contributed by atoms with Crippen LogP contribution >= 0.6 is 11.6 Å². The van der Waals surface area contributed by atoms with Crippen molar-refractivity contribution in [1.29, 1.82) is 0 Å². The zero-order chi connectivity index (χ0) is 10.3. The molecule has 0 radical (unpaired) electrons. The Morgan fingerprint density at radius 3 is 2.54 bits per heavy atom. The number of halogens is 2. The zero-order valence-electron chi connectivity index (χ0n) is 7.50. The number of alkyl halides is 1. The van der Waals surface area contributed by atoms with Crippen molar-refractivity contribution in [2.75, 3.05) is 6.61 Å². The second-order valence-corrected chi connectivity index (χ2v) is 4.41. The number of unbranched alkanes of at least 4 members (excludes halogenated alkanes) is 2. The molecule has 80 valence electrons. The fourth-order valence-corrected chi connectivity index (χ4v) is 1.47. The second kappa shape index (κ2) is 6.56. The Balaban J connectivity index is 3.46. The predicted molar refractivity (Wildman–Crippen MR) is 49.8 cm³/mol. The molecular formula is C7H14ClFO3S. The van der Waals surface area contributed by atoms with Gasteiger partial charge in [0.1, 0.15) is 0 Å². The minimum Gasteiger partial charge on any atom is -0.243 e. The van der Waals surface area contributed by atoms with E-state index < -0.39 is 15.9 Å². The van der Waals surface area contributed by atoms with E-state index in [9.17, 15) is 12.3 Å². The van der Waals surface area contributed by atoms with Crippen LogP contribution in [0.5, 0.6) is 0 Å². The van der Waals surface area contributed by atoms with E-state index in [1.165, 1.54) is 0 Å². The highest BCUT2D eigenvalue weighted by Gasteiger charge is 2.11. The molecule has 0 saturated carbocycles. The Kier molecular flexibility index (Phi) is 6.63.